The van der Waals surface area contributed by atoms with Crippen LogP contribution in [0.5, 0.6) is 11.6 Å². The minimum absolute atomic E-state index is 0.00586. The lowest BCUT2D eigenvalue weighted by atomic mass is 10.0. The molecule has 1 saturated heterocycles. The number of nitrogens with zero attached hydrogens (tertiary/aromatic N) is 2. The van der Waals surface area contributed by atoms with Crippen molar-refractivity contribution in [3.8, 4) is 22.9 Å². The smallest absolute Gasteiger partial charge is 0.237 e. The van der Waals surface area contributed by atoms with Gasteiger partial charge in [0.15, 0.2) is 0 Å². The van der Waals surface area contributed by atoms with Gasteiger partial charge in [-0.3, -0.25) is 9.78 Å². The minimum Gasteiger partial charge on any atom is -0.506 e. The summed E-state index contributed by atoms with van der Waals surface area (Å²) in [7, 11) is 1.54. The third-order valence-corrected chi connectivity index (χ3v) is 5.13. The quantitative estimate of drug-likeness (QED) is 0.672. The lowest BCUT2D eigenvalue weighted by Gasteiger charge is -2.19. The molecule has 8 heteroatoms. The molecule has 1 fully saturated rings. The van der Waals surface area contributed by atoms with Gasteiger partial charge in [0.25, 0.3) is 0 Å². The Morgan fingerprint density at radius 2 is 2.30 bits per heavy atom. The van der Waals surface area contributed by atoms with E-state index >= 15 is 0 Å². The maximum Gasteiger partial charge on any atom is 0.237 e. The van der Waals surface area contributed by atoms with Gasteiger partial charge >= 0.3 is 0 Å². The number of aromatic nitrogens is 2. The van der Waals surface area contributed by atoms with Crippen LogP contribution in [0.4, 0.5) is 0 Å². The first-order chi connectivity index (χ1) is 13.0. The van der Waals surface area contributed by atoms with Gasteiger partial charge in [-0.2, -0.15) is 0 Å². The number of carbonyl (C=O) groups excluding carboxylic acids is 1. The van der Waals surface area contributed by atoms with Crippen molar-refractivity contribution >= 4 is 17.5 Å². The van der Waals surface area contributed by atoms with Gasteiger partial charge in [0, 0.05) is 31.1 Å². The van der Waals surface area contributed by atoms with Gasteiger partial charge in [0.05, 0.1) is 24.0 Å². The Kier molecular flexibility index (Phi) is 6.13. The second-order valence-corrected chi connectivity index (χ2v) is 7.05. The van der Waals surface area contributed by atoms with Crippen molar-refractivity contribution < 1.29 is 14.6 Å². The summed E-state index contributed by atoms with van der Waals surface area (Å²) in [6.45, 7) is 3.35. The summed E-state index contributed by atoms with van der Waals surface area (Å²) in [5, 5.41) is 16.3. The average Bonchev–Trinajstić information content (AvgIpc) is 3.10. The summed E-state index contributed by atoms with van der Waals surface area (Å²) < 4.78 is 5.37. The van der Waals surface area contributed by atoms with Gasteiger partial charge in [-0.15, -0.1) is 0 Å². The molecule has 0 spiro atoms. The van der Waals surface area contributed by atoms with Gasteiger partial charge in [-0.05, 0) is 18.4 Å². The van der Waals surface area contributed by atoms with E-state index in [-0.39, 0.29) is 22.7 Å². The number of amides is 1. The third kappa shape index (κ3) is 4.48. The monoisotopic (exact) mass is 390 g/mol. The Balaban J connectivity index is 1.66. The molecule has 0 saturated carbocycles. The van der Waals surface area contributed by atoms with Gasteiger partial charge in [0.1, 0.15) is 11.4 Å². The van der Waals surface area contributed by atoms with E-state index in [1.54, 1.807) is 18.3 Å². The van der Waals surface area contributed by atoms with E-state index in [9.17, 15) is 9.90 Å². The van der Waals surface area contributed by atoms with Crippen molar-refractivity contribution in [1.29, 1.82) is 0 Å². The standard InChI is InChI=1S/C19H23ClN4O3/c1-11(13-6-7-17(26)23-13)8-21-9-15-19(27-2)24-14(10-22-15)12-4-3-5-16(25)18(12)20/h3-5,10-11,13,21,25H,6-9H2,1-2H3,(H,23,26)/t11-,13?/m1/s1. The summed E-state index contributed by atoms with van der Waals surface area (Å²) in [5.41, 5.74) is 1.80. The predicted octanol–water partition coefficient (Wildman–Crippen LogP) is 2.52. The normalized spacial score (nSPS) is 17.6. The number of phenolic OH excluding ortho intramolecular Hbond substituents is 1. The van der Waals surface area contributed by atoms with E-state index in [0.717, 1.165) is 13.0 Å². The molecule has 2 atom stereocenters. The number of benzene rings is 1. The molecule has 27 heavy (non-hydrogen) atoms. The van der Waals surface area contributed by atoms with Crippen LogP contribution in [0, 0.1) is 5.92 Å². The molecule has 1 unspecified atom stereocenters. The molecule has 1 amide bonds. The fourth-order valence-electron chi connectivity index (χ4n) is 3.15. The van der Waals surface area contributed by atoms with Crippen molar-refractivity contribution in [1.82, 2.24) is 20.6 Å². The summed E-state index contributed by atoms with van der Waals surface area (Å²) >= 11 is 6.15. The zero-order valence-corrected chi connectivity index (χ0v) is 16.1. The van der Waals surface area contributed by atoms with Crippen molar-refractivity contribution in [2.75, 3.05) is 13.7 Å². The van der Waals surface area contributed by atoms with Crippen molar-refractivity contribution in [3.05, 3.63) is 35.1 Å². The highest BCUT2D eigenvalue weighted by molar-refractivity contribution is 6.34. The number of aromatic hydroxyl groups is 1. The fourth-order valence-corrected chi connectivity index (χ4v) is 3.38. The van der Waals surface area contributed by atoms with Crippen LogP contribution >= 0.6 is 11.6 Å². The first kappa shape index (κ1) is 19.4. The van der Waals surface area contributed by atoms with Gasteiger partial charge in [0.2, 0.25) is 11.8 Å². The Bertz CT molecular complexity index is 831. The maximum absolute atomic E-state index is 11.3. The molecular weight excluding hydrogens is 368 g/mol. The zero-order valence-electron chi connectivity index (χ0n) is 15.3. The predicted molar refractivity (Wildman–Crippen MR) is 103 cm³/mol. The summed E-state index contributed by atoms with van der Waals surface area (Å²) in [4.78, 5) is 20.3. The van der Waals surface area contributed by atoms with Crippen LogP contribution in [-0.4, -0.2) is 40.7 Å². The molecule has 1 aliphatic rings. The molecule has 0 aliphatic carbocycles. The van der Waals surface area contributed by atoms with E-state index in [1.165, 1.54) is 13.2 Å². The molecule has 2 aromatic rings. The number of ether oxygens (including phenoxy) is 1. The second-order valence-electron chi connectivity index (χ2n) is 6.67. The van der Waals surface area contributed by atoms with E-state index in [4.69, 9.17) is 16.3 Å². The van der Waals surface area contributed by atoms with E-state index in [2.05, 4.69) is 27.5 Å². The fraction of sp³-hybridized carbons (Fsp3) is 0.421. The Morgan fingerprint density at radius 3 is 3.00 bits per heavy atom. The number of rotatable bonds is 7. The minimum atomic E-state index is -0.00586. The lowest BCUT2D eigenvalue weighted by molar-refractivity contribution is -0.119. The SMILES string of the molecule is COc1nc(-c2cccc(O)c2Cl)cnc1CNC[C@@H](C)C1CCC(=O)N1. The molecule has 0 bridgehead atoms. The van der Waals surface area contributed by atoms with Gasteiger partial charge in [-0.1, -0.05) is 30.7 Å². The number of halogens is 1. The molecule has 1 aromatic heterocycles. The Morgan fingerprint density at radius 1 is 1.48 bits per heavy atom. The Hall–Kier alpha value is -2.38. The number of nitrogens with one attached hydrogen (secondary N) is 2. The third-order valence-electron chi connectivity index (χ3n) is 4.73. The summed E-state index contributed by atoms with van der Waals surface area (Å²) in [6.07, 6.45) is 3.10. The molecule has 3 rings (SSSR count). The van der Waals surface area contributed by atoms with Crippen LogP contribution in [0.25, 0.3) is 11.3 Å². The van der Waals surface area contributed by atoms with Crippen molar-refractivity contribution in [2.24, 2.45) is 5.92 Å². The van der Waals surface area contributed by atoms with Gasteiger partial charge in [-0.25, -0.2) is 4.98 Å². The molecule has 2 heterocycles. The number of phenols is 1. The maximum atomic E-state index is 11.3. The molecule has 7 nitrogen and oxygen atoms in total. The zero-order chi connectivity index (χ0) is 19.4. The van der Waals surface area contributed by atoms with Crippen LogP contribution in [-0.2, 0) is 11.3 Å². The van der Waals surface area contributed by atoms with E-state index in [1.807, 2.05) is 0 Å². The number of carbonyl (C=O) groups is 1. The highest BCUT2D eigenvalue weighted by atomic mass is 35.5. The summed E-state index contributed by atoms with van der Waals surface area (Å²) in [6, 6.07) is 5.20. The molecule has 1 aliphatic heterocycles. The van der Waals surface area contributed by atoms with Crippen LogP contribution in [0.2, 0.25) is 5.02 Å². The number of hydrogen-bond donors (Lipinski definition) is 3. The van der Waals surface area contributed by atoms with Crippen LogP contribution in [0.15, 0.2) is 24.4 Å². The number of methoxy groups -OCH3 is 1. The lowest BCUT2D eigenvalue weighted by Crippen LogP contribution is -2.36. The topological polar surface area (TPSA) is 96.4 Å². The molecule has 0 radical (unpaired) electrons. The van der Waals surface area contributed by atoms with Crippen molar-refractivity contribution in [3.63, 3.8) is 0 Å². The second kappa shape index (κ2) is 8.54. The van der Waals surface area contributed by atoms with E-state index in [0.29, 0.717) is 41.7 Å². The Labute approximate surface area is 163 Å². The molecular formula is C19H23ClN4O3. The van der Waals surface area contributed by atoms with E-state index < -0.39 is 0 Å². The molecule has 3 N–H and O–H groups in total. The molecule has 1 aromatic carbocycles. The van der Waals surface area contributed by atoms with Crippen LogP contribution < -0.4 is 15.4 Å². The van der Waals surface area contributed by atoms with Crippen molar-refractivity contribution in [2.45, 2.75) is 32.4 Å². The largest absolute Gasteiger partial charge is 0.506 e. The first-order valence-corrected chi connectivity index (χ1v) is 9.25. The molecule has 144 valence electrons. The number of hydrogen-bond acceptors (Lipinski definition) is 6. The summed E-state index contributed by atoms with van der Waals surface area (Å²) in [5.74, 6) is 0.844. The average molecular weight is 391 g/mol. The highest BCUT2D eigenvalue weighted by Gasteiger charge is 2.25. The first-order valence-electron chi connectivity index (χ1n) is 8.87. The highest BCUT2D eigenvalue weighted by Crippen LogP contribution is 2.34. The van der Waals surface area contributed by atoms with Crippen LogP contribution in [0.3, 0.4) is 0 Å². The van der Waals surface area contributed by atoms with Gasteiger partial charge < -0.3 is 20.5 Å². The van der Waals surface area contributed by atoms with Crippen LogP contribution in [0.1, 0.15) is 25.5 Å².